The molecule has 0 aliphatic heterocycles. The van der Waals surface area contributed by atoms with Gasteiger partial charge in [0.1, 0.15) is 5.75 Å². The average Bonchev–Trinajstić information content (AvgIpc) is 2.48. The molecular formula is C17H20O2. The van der Waals surface area contributed by atoms with Gasteiger partial charge in [-0.1, -0.05) is 49.4 Å². The summed E-state index contributed by atoms with van der Waals surface area (Å²) in [6, 6.07) is 16.2. The highest BCUT2D eigenvalue weighted by Gasteiger charge is 2.01. The topological polar surface area (TPSA) is 29.5 Å². The van der Waals surface area contributed by atoms with Gasteiger partial charge in [-0.15, -0.1) is 0 Å². The molecule has 2 rings (SSSR count). The zero-order valence-electron chi connectivity index (χ0n) is 11.3. The first-order chi connectivity index (χ1) is 9.33. The van der Waals surface area contributed by atoms with Crippen molar-refractivity contribution in [1.82, 2.24) is 0 Å². The zero-order chi connectivity index (χ0) is 13.5. The molecule has 2 heteroatoms. The molecule has 0 unspecified atom stereocenters. The van der Waals surface area contributed by atoms with Crippen LogP contribution < -0.4 is 4.74 Å². The van der Waals surface area contributed by atoms with E-state index in [-0.39, 0.29) is 6.61 Å². The van der Waals surface area contributed by atoms with E-state index in [1.54, 1.807) is 0 Å². The fourth-order valence-electron chi connectivity index (χ4n) is 2.00. The molecule has 0 fully saturated rings. The summed E-state index contributed by atoms with van der Waals surface area (Å²) >= 11 is 0. The highest BCUT2D eigenvalue weighted by molar-refractivity contribution is 5.32. The van der Waals surface area contributed by atoms with Crippen molar-refractivity contribution in [2.75, 3.05) is 6.61 Å². The van der Waals surface area contributed by atoms with Crippen LogP contribution in [0.5, 0.6) is 5.75 Å². The maximum atomic E-state index is 9.21. The number of aryl methyl sites for hydroxylation is 1. The maximum absolute atomic E-state index is 9.21. The highest BCUT2D eigenvalue weighted by atomic mass is 16.5. The maximum Gasteiger partial charge on any atom is 0.124 e. The molecular weight excluding hydrogens is 236 g/mol. The first kappa shape index (κ1) is 13.6. The Balaban J connectivity index is 1.88. The van der Waals surface area contributed by atoms with Crippen LogP contribution in [0.1, 0.15) is 23.6 Å². The Kier molecular flexibility index (Phi) is 4.99. The summed E-state index contributed by atoms with van der Waals surface area (Å²) in [5.74, 6) is 0.773. The molecule has 0 amide bonds. The number of aliphatic hydroxyl groups is 1. The zero-order valence-corrected chi connectivity index (χ0v) is 11.3. The molecule has 2 aromatic carbocycles. The van der Waals surface area contributed by atoms with E-state index in [0.29, 0.717) is 6.61 Å². The summed E-state index contributed by atoms with van der Waals surface area (Å²) in [5.41, 5.74) is 3.47. The summed E-state index contributed by atoms with van der Waals surface area (Å²) in [7, 11) is 0. The van der Waals surface area contributed by atoms with Crippen molar-refractivity contribution in [2.24, 2.45) is 0 Å². The highest BCUT2D eigenvalue weighted by Crippen LogP contribution is 2.18. The Morgan fingerprint density at radius 1 is 0.947 bits per heavy atom. The van der Waals surface area contributed by atoms with Gasteiger partial charge in [-0.2, -0.15) is 0 Å². The van der Waals surface area contributed by atoms with Crippen molar-refractivity contribution in [3.8, 4) is 5.75 Å². The summed E-state index contributed by atoms with van der Waals surface area (Å²) in [4.78, 5) is 0. The third-order valence-electron chi connectivity index (χ3n) is 3.22. The second kappa shape index (κ2) is 6.95. The molecule has 0 aliphatic rings. The molecule has 0 atom stereocenters. The van der Waals surface area contributed by atoms with E-state index in [4.69, 9.17) is 4.74 Å². The molecule has 19 heavy (non-hydrogen) atoms. The molecule has 2 nitrogen and oxygen atoms in total. The third kappa shape index (κ3) is 3.83. The summed E-state index contributed by atoms with van der Waals surface area (Å²) in [6.07, 6.45) is 1.95. The van der Waals surface area contributed by atoms with Crippen LogP contribution in [-0.4, -0.2) is 11.7 Å². The Labute approximate surface area is 114 Å². The Bertz CT molecular complexity index is 503. The number of hydrogen-bond acceptors (Lipinski definition) is 2. The van der Waals surface area contributed by atoms with Crippen molar-refractivity contribution < 1.29 is 9.84 Å². The van der Waals surface area contributed by atoms with Gasteiger partial charge >= 0.3 is 0 Å². The Morgan fingerprint density at radius 2 is 1.63 bits per heavy atom. The van der Waals surface area contributed by atoms with E-state index in [1.165, 1.54) is 11.1 Å². The molecule has 0 spiro atoms. The SMILES string of the molecule is CCc1ccc(CCOc2ccccc2CO)cc1. The largest absolute Gasteiger partial charge is 0.493 e. The predicted octanol–water partition coefficient (Wildman–Crippen LogP) is 3.36. The van der Waals surface area contributed by atoms with Crippen LogP contribution in [-0.2, 0) is 19.4 Å². The minimum absolute atomic E-state index is 0.0152. The summed E-state index contributed by atoms with van der Waals surface area (Å²) < 4.78 is 5.73. The summed E-state index contributed by atoms with van der Waals surface area (Å²) in [5, 5.41) is 9.21. The van der Waals surface area contributed by atoms with E-state index in [1.807, 2.05) is 24.3 Å². The van der Waals surface area contributed by atoms with Crippen molar-refractivity contribution in [3.63, 3.8) is 0 Å². The first-order valence-corrected chi connectivity index (χ1v) is 6.73. The van der Waals surface area contributed by atoms with Gasteiger partial charge in [0.2, 0.25) is 0 Å². The van der Waals surface area contributed by atoms with Gasteiger partial charge in [0.15, 0.2) is 0 Å². The standard InChI is InChI=1S/C17H20O2/c1-2-14-7-9-15(10-8-14)11-12-19-17-6-4-3-5-16(17)13-18/h3-10,18H,2,11-13H2,1H3. The van der Waals surface area contributed by atoms with E-state index in [0.717, 1.165) is 24.2 Å². The van der Waals surface area contributed by atoms with Crippen molar-refractivity contribution in [1.29, 1.82) is 0 Å². The molecule has 0 saturated heterocycles. The Morgan fingerprint density at radius 3 is 2.32 bits per heavy atom. The smallest absolute Gasteiger partial charge is 0.124 e. The predicted molar refractivity (Wildman–Crippen MR) is 77.4 cm³/mol. The molecule has 0 saturated carbocycles. The van der Waals surface area contributed by atoms with Gasteiger partial charge in [0.05, 0.1) is 13.2 Å². The van der Waals surface area contributed by atoms with Crippen LogP contribution in [0.15, 0.2) is 48.5 Å². The van der Waals surface area contributed by atoms with Gasteiger partial charge in [-0.05, 0) is 23.6 Å². The fraction of sp³-hybridized carbons (Fsp3) is 0.294. The second-order valence-corrected chi connectivity index (χ2v) is 4.53. The molecule has 0 bridgehead atoms. The molecule has 0 heterocycles. The molecule has 0 aliphatic carbocycles. The molecule has 0 aromatic heterocycles. The minimum atomic E-state index is 0.0152. The first-order valence-electron chi connectivity index (χ1n) is 6.73. The third-order valence-corrected chi connectivity index (χ3v) is 3.22. The number of aliphatic hydroxyl groups excluding tert-OH is 1. The van der Waals surface area contributed by atoms with Crippen LogP contribution in [0.25, 0.3) is 0 Å². The van der Waals surface area contributed by atoms with E-state index < -0.39 is 0 Å². The average molecular weight is 256 g/mol. The minimum Gasteiger partial charge on any atom is -0.493 e. The van der Waals surface area contributed by atoms with Crippen LogP contribution in [0.2, 0.25) is 0 Å². The second-order valence-electron chi connectivity index (χ2n) is 4.53. The van der Waals surface area contributed by atoms with Crippen LogP contribution in [0.3, 0.4) is 0 Å². The lowest BCUT2D eigenvalue weighted by atomic mass is 10.1. The number of para-hydroxylation sites is 1. The number of ether oxygens (including phenoxy) is 1. The lowest BCUT2D eigenvalue weighted by molar-refractivity contribution is 0.264. The lowest BCUT2D eigenvalue weighted by Gasteiger charge is -2.10. The fourth-order valence-corrected chi connectivity index (χ4v) is 2.00. The van der Waals surface area contributed by atoms with Crippen molar-refractivity contribution in [2.45, 2.75) is 26.4 Å². The quantitative estimate of drug-likeness (QED) is 0.858. The van der Waals surface area contributed by atoms with Crippen molar-refractivity contribution in [3.05, 3.63) is 65.2 Å². The number of benzene rings is 2. The number of rotatable bonds is 6. The molecule has 2 aromatic rings. The van der Waals surface area contributed by atoms with E-state index in [9.17, 15) is 5.11 Å². The van der Waals surface area contributed by atoms with E-state index in [2.05, 4.69) is 31.2 Å². The van der Waals surface area contributed by atoms with Crippen LogP contribution >= 0.6 is 0 Å². The number of hydrogen-bond donors (Lipinski definition) is 1. The summed E-state index contributed by atoms with van der Waals surface area (Å²) in [6.45, 7) is 2.80. The molecule has 0 radical (unpaired) electrons. The molecule has 1 N–H and O–H groups in total. The lowest BCUT2D eigenvalue weighted by Crippen LogP contribution is -2.03. The van der Waals surface area contributed by atoms with Gasteiger partial charge in [0.25, 0.3) is 0 Å². The van der Waals surface area contributed by atoms with Crippen LogP contribution in [0, 0.1) is 0 Å². The van der Waals surface area contributed by atoms with Crippen LogP contribution in [0.4, 0.5) is 0 Å². The van der Waals surface area contributed by atoms with Gasteiger partial charge in [0, 0.05) is 12.0 Å². The monoisotopic (exact) mass is 256 g/mol. The van der Waals surface area contributed by atoms with Crippen molar-refractivity contribution >= 4 is 0 Å². The Hall–Kier alpha value is -1.80. The van der Waals surface area contributed by atoms with E-state index >= 15 is 0 Å². The van der Waals surface area contributed by atoms with Gasteiger partial charge < -0.3 is 9.84 Å². The molecule has 100 valence electrons. The normalized spacial score (nSPS) is 10.4. The van der Waals surface area contributed by atoms with Gasteiger partial charge in [-0.3, -0.25) is 0 Å². The van der Waals surface area contributed by atoms with Gasteiger partial charge in [-0.25, -0.2) is 0 Å².